The van der Waals surface area contributed by atoms with Crippen molar-refractivity contribution < 1.29 is 17.9 Å². The molecule has 2 aromatic heterocycles. The number of aromatic amines is 1. The minimum atomic E-state index is -3.80. The lowest BCUT2D eigenvalue weighted by Crippen LogP contribution is -2.12. The van der Waals surface area contributed by atoms with Crippen LogP contribution in [0.4, 0.5) is 0 Å². The molecule has 0 amide bonds. The fourth-order valence-corrected chi connectivity index (χ4v) is 3.99. The SMILES string of the molecule is COC(=O)c1sc2nc(-c3ccc(S(N)(=O)=O)cc3)[nH]c(=O)c2c1C. The van der Waals surface area contributed by atoms with Crippen molar-refractivity contribution in [1.29, 1.82) is 0 Å². The molecule has 0 fully saturated rings. The first-order valence-electron chi connectivity index (χ1n) is 6.97. The van der Waals surface area contributed by atoms with Crippen LogP contribution < -0.4 is 10.7 Å². The van der Waals surface area contributed by atoms with Crippen LogP contribution in [0.25, 0.3) is 21.6 Å². The Bertz CT molecular complexity index is 1140. The van der Waals surface area contributed by atoms with Crippen molar-refractivity contribution in [3.8, 4) is 11.4 Å². The van der Waals surface area contributed by atoms with E-state index in [1.807, 2.05) is 0 Å². The number of hydrogen-bond acceptors (Lipinski definition) is 7. The Hall–Kier alpha value is -2.56. The number of rotatable bonds is 3. The zero-order valence-electron chi connectivity index (χ0n) is 13.2. The van der Waals surface area contributed by atoms with Gasteiger partial charge in [0.25, 0.3) is 5.56 Å². The molecular weight excluding hydrogens is 366 g/mol. The third kappa shape index (κ3) is 3.06. The number of nitrogens with zero attached hydrogens (tertiary/aromatic N) is 1. The van der Waals surface area contributed by atoms with Gasteiger partial charge in [0, 0.05) is 5.56 Å². The maximum absolute atomic E-state index is 12.4. The molecule has 1 aromatic carbocycles. The molecule has 0 atom stereocenters. The molecule has 130 valence electrons. The van der Waals surface area contributed by atoms with Gasteiger partial charge in [0.1, 0.15) is 15.5 Å². The Kier molecular flexibility index (Phi) is 4.19. The van der Waals surface area contributed by atoms with Gasteiger partial charge in [0.2, 0.25) is 10.0 Å². The van der Waals surface area contributed by atoms with Crippen LogP contribution in [0.2, 0.25) is 0 Å². The molecule has 8 nitrogen and oxygen atoms in total. The van der Waals surface area contributed by atoms with E-state index >= 15 is 0 Å². The van der Waals surface area contributed by atoms with Gasteiger partial charge in [-0.15, -0.1) is 11.3 Å². The molecule has 0 aliphatic carbocycles. The van der Waals surface area contributed by atoms with E-state index in [2.05, 4.69) is 9.97 Å². The number of esters is 1. The summed E-state index contributed by atoms with van der Waals surface area (Å²) in [6.45, 7) is 1.66. The highest BCUT2D eigenvalue weighted by Crippen LogP contribution is 2.29. The highest BCUT2D eigenvalue weighted by atomic mass is 32.2. The number of benzene rings is 1. The fourth-order valence-electron chi connectivity index (χ4n) is 2.37. The first-order chi connectivity index (χ1) is 11.7. The normalized spacial score (nSPS) is 11.6. The third-order valence-corrected chi connectivity index (χ3v) is 5.72. The number of aryl methyl sites for hydroxylation is 1. The summed E-state index contributed by atoms with van der Waals surface area (Å²) in [7, 11) is -2.53. The van der Waals surface area contributed by atoms with Gasteiger partial charge in [0.15, 0.2) is 0 Å². The standard InChI is InChI=1S/C15H13N3O5S2/c1-7-10-13(19)17-12(18-14(10)24-11(7)15(20)23-2)8-3-5-9(6-4-8)25(16,21)22/h3-6H,1-2H3,(H2,16,21,22)(H,17,18,19). The number of carbonyl (C=O) groups is 1. The number of nitrogens with two attached hydrogens (primary N) is 1. The first-order valence-corrected chi connectivity index (χ1v) is 9.33. The highest BCUT2D eigenvalue weighted by molar-refractivity contribution is 7.89. The Morgan fingerprint density at radius 1 is 1.28 bits per heavy atom. The lowest BCUT2D eigenvalue weighted by atomic mass is 10.2. The summed E-state index contributed by atoms with van der Waals surface area (Å²) in [6.07, 6.45) is 0. The van der Waals surface area contributed by atoms with E-state index in [9.17, 15) is 18.0 Å². The Morgan fingerprint density at radius 2 is 1.92 bits per heavy atom. The Balaban J connectivity index is 2.16. The van der Waals surface area contributed by atoms with Gasteiger partial charge in [-0.1, -0.05) is 0 Å². The molecule has 0 aliphatic heterocycles. The summed E-state index contributed by atoms with van der Waals surface area (Å²) < 4.78 is 27.3. The van der Waals surface area contributed by atoms with Crippen LogP contribution in [0.5, 0.6) is 0 Å². The van der Waals surface area contributed by atoms with Crippen molar-refractivity contribution in [2.45, 2.75) is 11.8 Å². The van der Waals surface area contributed by atoms with E-state index in [0.29, 0.717) is 26.2 Å². The number of carbonyl (C=O) groups excluding carboxylic acids is 1. The number of nitrogens with one attached hydrogen (secondary N) is 1. The van der Waals surface area contributed by atoms with Crippen molar-refractivity contribution in [2.75, 3.05) is 7.11 Å². The summed E-state index contributed by atoms with van der Waals surface area (Å²) in [5, 5.41) is 5.39. The molecule has 10 heteroatoms. The number of thiophene rings is 1. The summed E-state index contributed by atoms with van der Waals surface area (Å²) >= 11 is 1.07. The summed E-state index contributed by atoms with van der Waals surface area (Å²) in [4.78, 5) is 31.9. The molecule has 3 N–H and O–H groups in total. The predicted molar refractivity (Wildman–Crippen MR) is 93.1 cm³/mol. The van der Waals surface area contributed by atoms with Crippen LogP contribution >= 0.6 is 11.3 Å². The maximum atomic E-state index is 12.4. The fraction of sp³-hybridized carbons (Fsp3) is 0.133. The number of primary sulfonamides is 1. The van der Waals surface area contributed by atoms with Gasteiger partial charge in [-0.2, -0.15) is 0 Å². The zero-order valence-corrected chi connectivity index (χ0v) is 14.8. The van der Waals surface area contributed by atoms with Gasteiger partial charge in [-0.3, -0.25) is 4.79 Å². The van der Waals surface area contributed by atoms with Crippen molar-refractivity contribution in [3.05, 3.63) is 45.1 Å². The average molecular weight is 379 g/mol. The Morgan fingerprint density at radius 3 is 2.48 bits per heavy atom. The quantitative estimate of drug-likeness (QED) is 0.661. The van der Waals surface area contributed by atoms with E-state index in [0.717, 1.165) is 11.3 Å². The van der Waals surface area contributed by atoms with Crippen molar-refractivity contribution in [1.82, 2.24) is 9.97 Å². The van der Waals surface area contributed by atoms with Gasteiger partial charge < -0.3 is 9.72 Å². The number of aromatic nitrogens is 2. The van der Waals surface area contributed by atoms with Gasteiger partial charge in [-0.05, 0) is 36.8 Å². The van der Waals surface area contributed by atoms with Crippen molar-refractivity contribution >= 4 is 37.5 Å². The van der Waals surface area contributed by atoms with Gasteiger partial charge in [-0.25, -0.2) is 23.3 Å². The van der Waals surface area contributed by atoms with Gasteiger partial charge in [0.05, 0.1) is 17.4 Å². The topological polar surface area (TPSA) is 132 Å². The zero-order chi connectivity index (χ0) is 18.4. The maximum Gasteiger partial charge on any atom is 0.348 e. The third-order valence-electron chi connectivity index (χ3n) is 3.63. The molecule has 3 rings (SSSR count). The van der Waals surface area contributed by atoms with Gasteiger partial charge >= 0.3 is 5.97 Å². The predicted octanol–water partition coefficient (Wildman–Crippen LogP) is 1.39. The second kappa shape index (κ2) is 6.06. The number of fused-ring (bicyclic) bond motifs is 1. The molecule has 0 aliphatic rings. The van der Waals surface area contributed by atoms with E-state index in [1.165, 1.54) is 31.4 Å². The Labute approximate surface area is 146 Å². The van der Waals surface area contributed by atoms with Crippen LogP contribution in [0, 0.1) is 6.92 Å². The van der Waals surface area contributed by atoms with Crippen molar-refractivity contribution in [2.24, 2.45) is 5.14 Å². The molecule has 0 unspecified atom stereocenters. The molecule has 0 saturated heterocycles. The monoisotopic (exact) mass is 379 g/mol. The largest absolute Gasteiger partial charge is 0.465 e. The molecule has 0 saturated carbocycles. The van der Waals surface area contributed by atoms with E-state index in [4.69, 9.17) is 9.88 Å². The average Bonchev–Trinajstić information content (AvgIpc) is 2.90. The lowest BCUT2D eigenvalue weighted by molar-refractivity contribution is 0.0605. The number of ether oxygens (including phenoxy) is 1. The molecule has 3 aromatic rings. The second-order valence-corrected chi connectivity index (χ2v) is 7.77. The van der Waals surface area contributed by atoms with Crippen LogP contribution in [0.1, 0.15) is 15.2 Å². The van der Waals surface area contributed by atoms with E-state index in [-0.39, 0.29) is 16.3 Å². The van der Waals surface area contributed by atoms with Crippen LogP contribution in [-0.2, 0) is 14.8 Å². The van der Waals surface area contributed by atoms with E-state index < -0.39 is 16.0 Å². The molecule has 0 bridgehead atoms. The molecule has 0 radical (unpaired) electrons. The molecule has 0 spiro atoms. The minimum absolute atomic E-state index is 0.0420. The van der Waals surface area contributed by atoms with Crippen LogP contribution in [0.15, 0.2) is 34.0 Å². The minimum Gasteiger partial charge on any atom is -0.465 e. The van der Waals surface area contributed by atoms with Crippen LogP contribution in [-0.4, -0.2) is 31.5 Å². The molecular formula is C15H13N3O5S2. The second-order valence-electron chi connectivity index (χ2n) is 5.21. The molecule has 25 heavy (non-hydrogen) atoms. The summed E-state index contributed by atoms with van der Waals surface area (Å²) in [5.74, 6) is -0.268. The number of hydrogen-bond donors (Lipinski definition) is 2. The smallest absolute Gasteiger partial charge is 0.348 e. The summed E-state index contributed by atoms with van der Waals surface area (Å²) in [5.41, 5.74) is 0.633. The highest BCUT2D eigenvalue weighted by Gasteiger charge is 2.20. The number of methoxy groups -OCH3 is 1. The number of sulfonamides is 1. The van der Waals surface area contributed by atoms with Crippen molar-refractivity contribution in [3.63, 3.8) is 0 Å². The first kappa shape index (κ1) is 17.3. The lowest BCUT2D eigenvalue weighted by Gasteiger charge is -2.03. The van der Waals surface area contributed by atoms with E-state index in [1.54, 1.807) is 6.92 Å². The number of H-pyrrole nitrogens is 1. The van der Waals surface area contributed by atoms with Crippen LogP contribution in [0.3, 0.4) is 0 Å². The summed E-state index contributed by atoms with van der Waals surface area (Å²) in [6, 6.07) is 5.64. The molecule has 2 heterocycles.